The minimum atomic E-state index is 0.0266. The number of Topliss-reactive ketones (excluding diaryl/α,β-unsaturated/α-hetero) is 1. The zero-order valence-corrected chi connectivity index (χ0v) is 17.4. The number of carbonyl (C=O) groups is 1. The number of ether oxygens (including phenoxy) is 3. The Morgan fingerprint density at radius 2 is 1.83 bits per heavy atom. The van der Waals surface area contributed by atoms with Crippen molar-refractivity contribution < 1.29 is 19.0 Å². The van der Waals surface area contributed by atoms with Crippen LogP contribution in [0.25, 0.3) is 0 Å². The van der Waals surface area contributed by atoms with Crippen molar-refractivity contribution in [1.29, 1.82) is 0 Å². The number of ketones is 1. The van der Waals surface area contributed by atoms with Crippen LogP contribution < -0.4 is 14.2 Å². The maximum Gasteiger partial charge on any atom is 0.161 e. The van der Waals surface area contributed by atoms with Gasteiger partial charge in [0.1, 0.15) is 11.5 Å². The van der Waals surface area contributed by atoms with E-state index in [9.17, 15) is 4.79 Å². The topological polar surface area (TPSA) is 57.1 Å². The molecule has 2 aromatic rings. The Morgan fingerprint density at radius 1 is 1.00 bits per heavy atom. The molecule has 1 aliphatic heterocycles. The second kappa shape index (κ2) is 10.1. The first-order valence-corrected chi connectivity index (χ1v) is 10.1. The predicted octanol–water partition coefficient (Wildman–Crippen LogP) is 4.65. The van der Waals surface area contributed by atoms with Crippen LogP contribution in [-0.4, -0.2) is 38.9 Å². The van der Waals surface area contributed by atoms with Crippen molar-refractivity contribution >= 4 is 11.5 Å². The Bertz CT molecular complexity index is 875. The molecule has 0 saturated heterocycles. The average Bonchev–Trinajstić information content (AvgIpc) is 2.98. The van der Waals surface area contributed by atoms with E-state index in [-0.39, 0.29) is 11.8 Å². The smallest absolute Gasteiger partial charge is 0.161 e. The fraction of sp³-hybridized carbons (Fsp3) is 0.417. The van der Waals surface area contributed by atoms with Crippen molar-refractivity contribution in [3.05, 3.63) is 53.6 Å². The zero-order valence-electron chi connectivity index (χ0n) is 17.4. The molecule has 0 saturated carbocycles. The zero-order chi connectivity index (χ0) is 20.6. The first-order valence-electron chi connectivity index (χ1n) is 10.1. The Kier molecular flexibility index (Phi) is 7.28. The van der Waals surface area contributed by atoms with Crippen molar-refractivity contribution in [3.8, 4) is 17.2 Å². The molecule has 0 N–H and O–H groups in total. The standard InChI is InChI=1S/C24H29NO4/c1-27-21-9-6-7-17(14-21)13-20(26)16-19-8-4-5-10-22(25-19)18-11-12-23(28-2)24(15-18)29-3/h6-7,9,11-12,14-15,19H,4-5,8,10,13,16H2,1-3H3. The van der Waals surface area contributed by atoms with Gasteiger partial charge in [-0.15, -0.1) is 0 Å². The van der Waals surface area contributed by atoms with Crippen LogP contribution in [0, 0.1) is 0 Å². The first-order chi connectivity index (χ1) is 14.1. The third kappa shape index (κ3) is 5.59. The molecule has 0 radical (unpaired) electrons. The lowest BCUT2D eigenvalue weighted by Crippen LogP contribution is -2.15. The monoisotopic (exact) mass is 395 g/mol. The van der Waals surface area contributed by atoms with Gasteiger partial charge in [-0.1, -0.05) is 18.6 Å². The van der Waals surface area contributed by atoms with Gasteiger partial charge in [0.05, 0.1) is 27.4 Å². The summed E-state index contributed by atoms with van der Waals surface area (Å²) in [6.07, 6.45) is 4.89. The van der Waals surface area contributed by atoms with Crippen LogP contribution in [0.4, 0.5) is 0 Å². The summed E-state index contributed by atoms with van der Waals surface area (Å²) < 4.78 is 16.0. The number of benzene rings is 2. The average molecular weight is 395 g/mol. The normalized spacial score (nSPS) is 16.5. The third-order valence-corrected chi connectivity index (χ3v) is 5.25. The minimum Gasteiger partial charge on any atom is -0.497 e. The summed E-state index contributed by atoms with van der Waals surface area (Å²) in [4.78, 5) is 17.6. The maximum absolute atomic E-state index is 12.7. The summed E-state index contributed by atoms with van der Waals surface area (Å²) in [6, 6.07) is 13.6. The lowest BCUT2D eigenvalue weighted by molar-refractivity contribution is -0.118. The molecular weight excluding hydrogens is 366 g/mol. The molecule has 0 amide bonds. The van der Waals surface area contributed by atoms with Gasteiger partial charge in [-0.25, -0.2) is 0 Å². The molecule has 0 aliphatic carbocycles. The van der Waals surface area contributed by atoms with Crippen LogP contribution in [0.3, 0.4) is 0 Å². The number of rotatable bonds is 8. The van der Waals surface area contributed by atoms with Crippen LogP contribution in [0.15, 0.2) is 47.5 Å². The van der Waals surface area contributed by atoms with E-state index in [4.69, 9.17) is 19.2 Å². The highest BCUT2D eigenvalue weighted by molar-refractivity contribution is 6.01. The van der Waals surface area contributed by atoms with Crippen molar-refractivity contribution in [3.63, 3.8) is 0 Å². The number of carbonyl (C=O) groups excluding carboxylic acids is 1. The van der Waals surface area contributed by atoms with Gasteiger partial charge in [0, 0.05) is 18.6 Å². The molecule has 1 aliphatic rings. The fourth-order valence-electron chi connectivity index (χ4n) is 3.75. The van der Waals surface area contributed by atoms with Gasteiger partial charge in [0.15, 0.2) is 11.5 Å². The maximum atomic E-state index is 12.7. The van der Waals surface area contributed by atoms with Crippen LogP contribution in [-0.2, 0) is 11.2 Å². The number of methoxy groups -OCH3 is 3. The molecule has 1 atom stereocenters. The van der Waals surface area contributed by atoms with Crippen LogP contribution in [0.2, 0.25) is 0 Å². The highest BCUT2D eigenvalue weighted by atomic mass is 16.5. The highest BCUT2D eigenvalue weighted by Crippen LogP contribution is 2.29. The number of nitrogens with zero attached hydrogens (tertiary/aromatic N) is 1. The molecule has 5 nitrogen and oxygen atoms in total. The van der Waals surface area contributed by atoms with Gasteiger partial charge in [-0.05, 0) is 60.7 Å². The van der Waals surface area contributed by atoms with Crippen LogP contribution >= 0.6 is 0 Å². The van der Waals surface area contributed by atoms with Gasteiger partial charge in [-0.3, -0.25) is 9.79 Å². The van der Waals surface area contributed by atoms with Crippen molar-refractivity contribution in [2.75, 3.05) is 21.3 Å². The van der Waals surface area contributed by atoms with E-state index in [2.05, 4.69) is 0 Å². The van der Waals surface area contributed by atoms with E-state index in [0.717, 1.165) is 48.3 Å². The van der Waals surface area contributed by atoms with Gasteiger partial charge >= 0.3 is 0 Å². The molecule has 0 fully saturated rings. The summed E-state index contributed by atoms with van der Waals surface area (Å²) in [5.74, 6) is 2.39. The van der Waals surface area contributed by atoms with E-state index in [1.165, 1.54) is 0 Å². The molecule has 3 rings (SSSR count). The molecule has 29 heavy (non-hydrogen) atoms. The van der Waals surface area contributed by atoms with Gasteiger partial charge in [0.2, 0.25) is 0 Å². The van der Waals surface area contributed by atoms with E-state index in [1.807, 2.05) is 42.5 Å². The SMILES string of the molecule is COc1cccc(CC(=O)CC2CCCCC(c3ccc(OC)c(OC)c3)=N2)c1. The van der Waals surface area contributed by atoms with E-state index in [1.54, 1.807) is 21.3 Å². The third-order valence-electron chi connectivity index (χ3n) is 5.25. The Labute approximate surface area is 172 Å². The summed E-state index contributed by atoms with van der Waals surface area (Å²) >= 11 is 0. The van der Waals surface area contributed by atoms with Crippen molar-refractivity contribution in [1.82, 2.24) is 0 Å². The molecule has 154 valence electrons. The molecule has 0 bridgehead atoms. The van der Waals surface area contributed by atoms with E-state index < -0.39 is 0 Å². The summed E-state index contributed by atoms with van der Waals surface area (Å²) in [7, 11) is 4.90. The molecule has 1 heterocycles. The number of hydrogen-bond donors (Lipinski definition) is 0. The van der Waals surface area contributed by atoms with Crippen molar-refractivity contribution in [2.45, 2.75) is 44.6 Å². The highest BCUT2D eigenvalue weighted by Gasteiger charge is 2.19. The quantitative estimate of drug-likeness (QED) is 0.653. The lowest BCUT2D eigenvalue weighted by Gasteiger charge is -2.13. The largest absolute Gasteiger partial charge is 0.497 e. The molecule has 5 heteroatoms. The van der Waals surface area contributed by atoms with Gasteiger partial charge in [-0.2, -0.15) is 0 Å². The molecule has 1 unspecified atom stereocenters. The summed E-state index contributed by atoms with van der Waals surface area (Å²) in [5.41, 5.74) is 3.06. The Morgan fingerprint density at radius 3 is 2.59 bits per heavy atom. The van der Waals surface area contributed by atoms with Crippen LogP contribution in [0.1, 0.15) is 43.2 Å². The van der Waals surface area contributed by atoms with Gasteiger partial charge < -0.3 is 14.2 Å². The van der Waals surface area contributed by atoms with Crippen LogP contribution in [0.5, 0.6) is 17.2 Å². The van der Waals surface area contributed by atoms with Gasteiger partial charge in [0.25, 0.3) is 0 Å². The molecule has 0 aromatic heterocycles. The number of aliphatic imine (C=N–C) groups is 1. The second-order valence-electron chi connectivity index (χ2n) is 7.32. The molecular formula is C24H29NO4. The minimum absolute atomic E-state index is 0.0266. The summed E-state index contributed by atoms with van der Waals surface area (Å²) in [5, 5.41) is 0. The molecule has 0 spiro atoms. The Balaban J connectivity index is 1.72. The fourth-order valence-corrected chi connectivity index (χ4v) is 3.75. The first kappa shape index (κ1) is 20.9. The molecule has 2 aromatic carbocycles. The second-order valence-corrected chi connectivity index (χ2v) is 7.32. The Hall–Kier alpha value is -2.82. The number of hydrogen-bond acceptors (Lipinski definition) is 5. The predicted molar refractivity (Wildman–Crippen MR) is 115 cm³/mol. The van der Waals surface area contributed by atoms with Crippen molar-refractivity contribution in [2.24, 2.45) is 4.99 Å². The lowest BCUT2D eigenvalue weighted by atomic mass is 10.0. The van der Waals surface area contributed by atoms with E-state index in [0.29, 0.717) is 24.3 Å². The van der Waals surface area contributed by atoms with E-state index >= 15 is 0 Å². The summed E-state index contributed by atoms with van der Waals surface area (Å²) in [6.45, 7) is 0.